The van der Waals surface area contributed by atoms with E-state index < -0.39 is 0 Å². The van der Waals surface area contributed by atoms with E-state index in [-0.39, 0.29) is 11.7 Å². The van der Waals surface area contributed by atoms with Gasteiger partial charge in [-0.25, -0.2) is 14.4 Å². The number of benzene rings is 2. The summed E-state index contributed by atoms with van der Waals surface area (Å²) in [6, 6.07) is 11.6. The van der Waals surface area contributed by atoms with Crippen LogP contribution in [0.15, 0.2) is 42.5 Å². The largest absolute Gasteiger partial charge is 0.354 e. The molecule has 178 valence electrons. The Morgan fingerprint density at radius 3 is 2.50 bits per heavy atom. The first kappa shape index (κ1) is 24.4. The van der Waals surface area contributed by atoms with E-state index in [1.807, 2.05) is 17.9 Å². The van der Waals surface area contributed by atoms with Gasteiger partial charge in [-0.05, 0) is 55.7 Å². The Morgan fingerprint density at radius 2 is 1.79 bits per heavy atom. The Bertz CT molecular complexity index is 1180. The molecule has 0 saturated carbocycles. The second-order valence-electron chi connectivity index (χ2n) is 8.47. The second-order valence-corrected chi connectivity index (χ2v) is 9.34. The van der Waals surface area contributed by atoms with Gasteiger partial charge in [0.1, 0.15) is 17.5 Å². The fourth-order valence-corrected chi connectivity index (χ4v) is 4.94. The molecule has 2 heterocycles. The number of aromatic nitrogens is 2. The van der Waals surface area contributed by atoms with E-state index in [1.165, 1.54) is 6.07 Å². The van der Waals surface area contributed by atoms with Crippen molar-refractivity contribution in [3.63, 3.8) is 0 Å². The van der Waals surface area contributed by atoms with Gasteiger partial charge in [0.25, 0.3) is 5.91 Å². The van der Waals surface area contributed by atoms with Crippen LogP contribution in [-0.2, 0) is 12.8 Å². The van der Waals surface area contributed by atoms with E-state index in [0.717, 1.165) is 42.0 Å². The second kappa shape index (κ2) is 10.7. The highest BCUT2D eigenvalue weighted by Crippen LogP contribution is 2.27. The molecule has 0 atom stereocenters. The van der Waals surface area contributed by atoms with E-state index in [9.17, 15) is 9.18 Å². The zero-order chi connectivity index (χ0) is 24.2. The molecule has 1 aromatic heterocycles. The minimum absolute atomic E-state index is 0.0839. The van der Waals surface area contributed by atoms with Gasteiger partial charge in [-0.3, -0.25) is 4.79 Å². The highest BCUT2D eigenvalue weighted by molar-refractivity contribution is 6.35. The summed E-state index contributed by atoms with van der Waals surface area (Å²) in [5, 5.41) is 0.885. The monoisotopic (exact) mass is 500 g/mol. The zero-order valence-electron chi connectivity index (χ0n) is 19.3. The highest BCUT2D eigenvalue weighted by atomic mass is 35.5. The van der Waals surface area contributed by atoms with Crippen LogP contribution in [0, 0.1) is 12.7 Å². The fourth-order valence-electron chi connectivity index (χ4n) is 4.42. The molecule has 0 spiro atoms. The minimum atomic E-state index is -0.254. The molecule has 34 heavy (non-hydrogen) atoms. The van der Waals surface area contributed by atoms with Gasteiger partial charge >= 0.3 is 0 Å². The normalized spacial score (nSPS) is 14.3. The lowest BCUT2D eigenvalue weighted by Gasteiger charge is -2.26. The predicted molar refractivity (Wildman–Crippen MR) is 135 cm³/mol. The van der Waals surface area contributed by atoms with Crippen molar-refractivity contribution in [3.8, 4) is 0 Å². The number of hydrogen-bond acceptors (Lipinski definition) is 4. The number of nitrogens with zero attached hydrogens (tertiary/aromatic N) is 4. The summed E-state index contributed by atoms with van der Waals surface area (Å²) >= 11 is 12.2. The van der Waals surface area contributed by atoms with Gasteiger partial charge in [-0.2, -0.15) is 0 Å². The van der Waals surface area contributed by atoms with Crippen molar-refractivity contribution in [1.82, 2.24) is 14.9 Å². The van der Waals surface area contributed by atoms with Crippen LogP contribution in [0.3, 0.4) is 0 Å². The molecule has 3 aromatic rings. The van der Waals surface area contributed by atoms with Crippen molar-refractivity contribution in [2.75, 3.05) is 31.1 Å². The van der Waals surface area contributed by atoms with Crippen molar-refractivity contribution in [1.29, 1.82) is 0 Å². The van der Waals surface area contributed by atoms with Crippen LogP contribution in [0.25, 0.3) is 0 Å². The van der Waals surface area contributed by atoms with E-state index >= 15 is 0 Å². The SMILES string of the molecule is CCc1nc(C)nc(N2CCCN(C(=O)c3cc(Cl)cc(Cl)c3)CC2)c1Cc1cccc(F)c1. The molecule has 4 rings (SSSR count). The van der Waals surface area contributed by atoms with E-state index in [1.54, 1.807) is 30.3 Å². The molecule has 0 N–H and O–H groups in total. The van der Waals surface area contributed by atoms with Crippen molar-refractivity contribution < 1.29 is 9.18 Å². The van der Waals surface area contributed by atoms with Gasteiger partial charge in [-0.1, -0.05) is 42.3 Å². The van der Waals surface area contributed by atoms with Crippen molar-refractivity contribution in [3.05, 3.63) is 86.5 Å². The average molecular weight is 501 g/mol. The number of rotatable bonds is 5. The summed E-state index contributed by atoms with van der Waals surface area (Å²) < 4.78 is 13.8. The standard InChI is InChI=1S/C26H27Cl2FN4O/c1-3-24-23(13-18-6-4-7-22(29)12-18)25(31-17(2)30-24)32-8-5-9-33(11-10-32)26(34)19-14-20(27)16-21(28)15-19/h4,6-7,12,14-16H,3,5,8-11,13H2,1-2H3. The topological polar surface area (TPSA) is 49.3 Å². The van der Waals surface area contributed by atoms with Crippen LogP contribution in [-0.4, -0.2) is 47.0 Å². The molecule has 1 aliphatic rings. The number of carbonyl (C=O) groups is 1. The molecule has 0 aliphatic carbocycles. The first-order valence-electron chi connectivity index (χ1n) is 11.4. The maximum Gasteiger partial charge on any atom is 0.254 e. The Hall–Kier alpha value is -2.70. The lowest BCUT2D eigenvalue weighted by Crippen LogP contribution is -2.36. The summed E-state index contributed by atoms with van der Waals surface area (Å²) in [6.07, 6.45) is 2.11. The molecule has 0 radical (unpaired) electrons. The molecule has 8 heteroatoms. The van der Waals surface area contributed by atoms with E-state index in [4.69, 9.17) is 28.2 Å². The molecule has 5 nitrogen and oxygen atoms in total. The molecule has 1 fully saturated rings. The van der Waals surface area contributed by atoms with Gasteiger partial charge in [0, 0.05) is 59.5 Å². The summed E-state index contributed by atoms with van der Waals surface area (Å²) in [4.78, 5) is 26.6. The minimum Gasteiger partial charge on any atom is -0.354 e. The number of hydrogen-bond donors (Lipinski definition) is 0. The average Bonchev–Trinajstić information content (AvgIpc) is 3.05. The maximum atomic E-state index is 13.8. The molecule has 0 bridgehead atoms. The summed E-state index contributed by atoms with van der Waals surface area (Å²) in [5.41, 5.74) is 3.36. The number of anilines is 1. The van der Waals surface area contributed by atoms with Gasteiger partial charge in [0.2, 0.25) is 0 Å². The van der Waals surface area contributed by atoms with Gasteiger partial charge in [0.05, 0.1) is 0 Å². The third-order valence-corrected chi connectivity index (χ3v) is 6.42. The third kappa shape index (κ3) is 5.68. The smallest absolute Gasteiger partial charge is 0.254 e. The van der Waals surface area contributed by atoms with Crippen LogP contribution < -0.4 is 4.90 Å². The fraction of sp³-hybridized carbons (Fsp3) is 0.346. The lowest BCUT2D eigenvalue weighted by molar-refractivity contribution is 0.0767. The Morgan fingerprint density at radius 1 is 1.03 bits per heavy atom. The van der Waals surface area contributed by atoms with Crippen LogP contribution in [0.2, 0.25) is 10.0 Å². The molecular formula is C26H27Cl2FN4O. The molecule has 1 aliphatic heterocycles. The molecule has 1 saturated heterocycles. The first-order chi connectivity index (χ1) is 16.3. The van der Waals surface area contributed by atoms with Crippen LogP contribution in [0.1, 0.15) is 46.3 Å². The Labute approximate surface area is 209 Å². The van der Waals surface area contributed by atoms with Gasteiger partial charge in [-0.15, -0.1) is 0 Å². The van der Waals surface area contributed by atoms with Crippen molar-refractivity contribution in [2.45, 2.75) is 33.1 Å². The lowest BCUT2D eigenvalue weighted by atomic mass is 10.0. The Kier molecular flexibility index (Phi) is 7.69. The summed E-state index contributed by atoms with van der Waals surface area (Å²) in [7, 11) is 0. The van der Waals surface area contributed by atoms with Gasteiger partial charge in [0.15, 0.2) is 0 Å². The summed E-state index contributed by atoms with van der Waals surface area (Å²) in [6.45, 7) is 6.53. The maximum absolute atomic E-state index is 13.8. The number of carbonyl (C=O) groups excluding carboxylic acids is 1. The Balaban J connectivity index is 1.59. The molecule has 1 amide bonds. The van der Waals surface area contributed by atoms with Crippen LogP contribution in [0.4, 0.5) is 10.2 Å². The quantitative estimate of drug-likeness (QED) is 0.448. The summed E-state index contributed by atoms with van der Waals surface area (Å²) in [5.74, 6) is 1.24. The van der Waals surface area contributed by atoms with Crippen molar-refractivity contribution in [2.24, 2.45) is 0 Å². The van der Waals surface area contributed by atoms with Crippen molar-refractivity contribution >= 4 is 34.9 Å². The number of amides is 1. The number of halogens is 3. The van der Waals surface area contributed by atoms with Crippen LogP contribution in [0.5, 0.6) is 0 Å². The van der Waals surface area contributed by atoms with Crippen LogP contribution >= 0.6 is 23.2 Å². The molecule has 0 unspecified atom stereocenters. The van der Waals surface area contributed by atoms with E-state index in [2.05, 4.69) is 16.8 Å². The first-order valence-corrected chi connectivity index (χ1v) is 12.2. The van der Waals surface area contributed by atoms with Gasteiger partial charge < -0.3 is 9.80 Å². The number of aryl methyl sites for hydroxylation is 2. The highest BCUT2D eigenvalue weighted by Gasteiger charge is 2.24. The predicted octanol–water partition coefficient (Wildman–Crippen LogP) is 5.74. The zero-order valence-corrected chi connectivity index (χ0v) is 20.8. The molecule has 2 aromatic carbocycles. The molecular weight excluding hydrogens is 474 g/mol. The van der Waals surface area contributed by atoms with E-state index in [0.29, 0.717) is 47.5 Å². The third-order valence-electron chi connectivity index (χ3n) is 5.98.